The summed E-state index contributed by atoms with van der Waals surface area (Å²) in [5.74, 6) is 0.650. The number of fused-ring (bicyclic) bond motifs is 1. The molecule has 1 aromatic carbocycles. The van der Waals surface area contributed by atoms with Crippen molar-refractivity contribution < 1.29 is 9.18 Å². The first-order valence-electron chi connectivity index (χ1n) is 9.93. The first kappa shape index (κ1) is 19.8. The minimum Gasteiger partial charge on any atom is -0.334 e. The minimum atomic E-state index is -0.488. The summed E-state index contributed by atoms with van der Waals surface area (Å²) in [4.78, 5) is 23.2. The van der Waals surface area contributed by atoms with Crippen molar-refractivity contribution in [2.45, 2.75) is 26.7 Å². The lowest BCUT2D eigenvalue weighted by atomic mass is 10.1. The van der Waals surface area contributed by atoms with Gasteiger partial charge in [0.05, 0.1) is 29.2 Å². The predicted octanol–water partition coefficient (Wildman–Crippen LogP) is 3.90. The fraction of sp³-hybridized carbons (Fsp3) is 0.364. The third kappa shape index (κ3) is 3.36. The van der Waals surface area contributed by atoms with E-state index in [0.29, 0.717) is 40.7 Å². The Balaban J connectivity index is 1.80. The van der Waals surface area contributed by atoms with Crippen LogP contribution in [0.1, 0.15) is 31.4 Å². The molecule has 2 aromatic heterocycles. The molecule has 2 heterocycles. The normalized spacial score (nSPS) is 17.6. The highest BCUT2D eigenvalue weighted by Gasteiger charge is 2.39. The van der Waals surface area contributed by atoms with Gasteiger partial charge >= 0.3 is 0 Å². The maximum absolute atomic E-state index is 14.9. The number of aryl methyl sites for hydroxylation is 2. The van der Waals surface area contributed by atoms with Crippen LogP contribution in [-0.2, 0) is 18.3 Å². The van der Waals surface area contributed by atoms with E-state index in [9.17, 15) is 9.18 Å². The number of halogens is 1. The molecular weight excluding hydrogens is 383 g/mol. The molecule has 0 bridgehead atoms. The molecule has 1 aliphatic carbocycles. The third-order valence-electron chi connectivity index (χ3n) is 5.72. The number of hydrogen-bond acceptors (Lipinski definition) is 5. The zero-order valence-corrected chi connectivity index (χ0v) is 17.4. The molecule has 2 unspecified atom stereocenters. The molecule has 0 saturated heterocycles. The minimum absolute atomic E-state index is 0.00499. The Bertz CT molecular complexity index is 1190. The monoisotopic (exact) mass is 406 g/mol. The van der Waals surface area contributed by atoms with Crippen molar-refractivity contribution in [2.24, 2.45) is 18.9 Å². The molecule has 30 heavy (non-hydrogen) atoms. The summed E-state index contributed by atoms with van der Waals surface area (Å²) in [7, 11) is 3.58. The molecular formula is C22H23FN6O. The van der Waals surface area contributed by atoms with E-state index in [-0.39, 0.29) is 17.4 Å². The van der Waals surface area contributed by atoms with E-state index >= 15 is 0 Å². The van der Waals surface area contributed by atoms with Crippen molar-refractivity contribution in [2.75, 3.05) is 17.3 Å². The van der Waals surface area contributed by atoms with Crippen LogP contribution in [0.25, 0.3) is 11.0 Å². The number of nitrogens with zero attached hydrogens (tertiary/aromatic N) is 5. The Labute approximate surface area is 174 Å². The highest BCUT2D eigenvalue weighted by Crippen LogP contribution is 2.39. The number of imidazole rings is 1. The number of benzene rings is 1. The molecule has 1 amide bonds. The first-order valence-corrected chi connectivity index (χ1v) is 9.93. The number of amides is 1. The summed E-state index contributed by atoms with van der Waals surface area (Å²) in [6.45, 7) is 3.95. The first-order chi connectivity index (χ1) is 14.3. The van der Waals surface area contributed by atoms with Gasteiger partial charge in [-0.15, -0.1) is 0 Å². The van der Waals surface area contributed by atoms with Crippen molar-refractivity contribution >= 4 is 34.3 Å². The molecule has 8 heteroatoms. The van der Waals surface area contributed by atoms with E-state index < -0.39 is 5.82 Å². The Hall–Kier alpha value is -3.47. The molecule has 2 atom stereocenters. The van der Waals surface area contributed by atoms with Crippen LogP contribution < -0.4 is 10.2 Å². The Morgan fingerprint density at radius 3 is 2.80 bits per heavy atom. The number of nitrogens with one attached hydrogen (secondary N) is 1. The molecule has 7 nitrogen and oxygen atoms in total. The van der Waals surface area contributed by atoms with E-state index in [1.54, 1.807) is 24.3 Å². The van der Waals surface area contributed by atoms with Gasteiger partial charge in [0.2, 0.25) is 5.91 Å². The van der Waals surface area contributed by atoms with Crippen LogP contribution in [0.15, 0.2) is 24.5 Å². The molecule has 3 aromatic rings. The summed E-state index contributed by atoms with van der Waals surface area (Å²) in [5, 5.41) is 12.1. The SMILES string of the molecule is CCc1cc(C#N)cc(F)c1N(C)c1cc2c(ncn2C)c(NC(=O)C2CC2C)n1. The van der Waals surface area contributed by atoms with Gasteiger partial charge in [-0.05, 0) is 36.5 Å². The lowest BCUT2D eigenvalue weighted by molar-refractivity contribution is -0.117. The van der Waals surface area contributed by atoms with Crippen LogP contribution in [0.4, 0.5) is 21.7 Å². The second-order valence-corrected chi connectivity index (χ2v) is 7.85. The zero-order valence-electron chi connectivity index (χ0n) is 17.4. The van der Waals surface area contributed by atoms with Crippen LogP contribution in [0, 0.1) is 29.0 Å². The molecule has 154 valence electrons. The Morgan fingerprint density at radius 1 is 1.43 bits per heavy atom. The van der Waals surface area contributed by atoms with Crippen LogP contribution >= 0.6 is 0 Å². The molecule has 1 aliphatic rings. The topological polar surface area (TPSA) is 86.8 Å². The maximum atomic E-state index is 14.9. The van der Waals surface area contributed by atoms with E-state index in [1.165, 1.54) is 6.07 Å². The highest BCUT2D eigenvalue weighted by molar-refractivity contribution is 6.01. The van der Waals surface area contributed by atoms with E-state index in [2.05, 4.69) is 15.3 Å². The third-order valence-corrected chi connectivity index (χ3v) is 5.72. The smallest absolute Gasteiger partial charge is 0.228 e. The van der Waals surface area contributed by atoms with Crippen molar-refractivity contribution in [3.63, 3.8) is 0 Å². The number of anilines is 3. The molecule has 1 fully saturated rings. The number of aromatic nitrogens is 3. The van der Waals surface area contributed by atoms with Crippen LogP contribution in [0.3, 0.4) is 0 Å². The lowest BCUT2D eigenvalue weighted by Gasteiger charge is -2.23. The summed E-state index contributed by atoms with van der Waals surface area (Å²) in [5.41, 5.74) is 2.71. The number of carbonyl (C=O) groups is 1. The molecule has 1 saturated carbocycles. The number of carbonyl (C=O) groups excluding carboxylic acids is 1. The molecule has 0 aliphatic heterocycles. The average molecular weight is 406 g/mol. The van der Waals surface area contributed by atoms with Crippen LogP contribution in [0.2, 0.25) is 0 Å². The maximum Gasteiger partial charge on any atom is 0.228 e. The van der Waals surface area contributed by atoms with Crippen LogP contribution in [0.5, 0.6) is 0 Å². The van der Waals surface area contributed by atoms with E-state index in [1.807, 2.05) is 37.6 Å². The molecule has 0 radical (unpaired) electrons. The highest BCUT2D eigenvalue weighted by atomic mass is 19.1. The number of hydrogen-bond donors (Lipinski definition) is 1. The van der Waals surface area contributed by atoms with Gasteiger partial charge in [0.15, 0.2) is 5.82 Å². The van der Waals surface area contributed by atoms with Crippen LogP contribution in [-0.4, -0.2) is 27.5 Å². The zero-order chi connectivity index (χ0) is 21.6. The van der Waals surface area contributed by atoms with Crippen molar-refractivity contribution in [1.82, 2.24) is 14.5 Å². The van der Waals surface area contributed by atoms with Gasteiger partial charge in [0.25, 0.3) is 0 Å². The number of pyridine rings is 1. The van der Waals surface area contributed by atoms with E-state index in [0.717, 1.165) is 11.9 Å². The number of nitriles is 1. The second kappa shape index (κ2) is 7.41. The van der Waals surface area contributed by atoms with Gasteiger partial charge < -0.3 is 14.8 Å². The molecule has 0 spiro atoms. The number of rotatable bonds is 5. The summed E-state index contributed by atoms with van der Waals surface area (Å²) in [6.07, 6.45) is 3.08. The average Bonchev–Trinajstić information content (AvgIpc) is 3.35. The standard InChI is InChI=1S/C22H23FN6O/c1-5-14-7-13(10-24)8-16(23)20(14)29(4)18-9-17-19(25-11-28(17)3)21(26-18)27-22(30)15-6-12(15)2/h7-9,11-12,15H,5-6H2,1-4H3,(H,26,27,30). The largest absolute Gasteiger partial charge is 0.334 e. The Kier molecular flexibility index (Phi) is 4.90. The van der Waals surface area contributed by atoms with Gasteiger partial charge in [-0.1, -0.05) is 13.8 Å². The Morgan fingerprint density at radius 2 is 2.17 bits per heavy atom. The van der Waals surface area contributed by atoms with Crippen molar-refractivity contribution in [3.05, 3.63) is 41.5 Å². The summed E-state index contributed by atoms with van der Waals surface area (Å²) in [6, 6.07) is 6.72. The summed E-state index contributed by atoms with van der Waals surface area (Å²) < 4.78 is 16.7. The summed E-state index contributed by atoms with van der Waals surface area (Å²) >= 11 is 0. The lowest BCUT2D eigenvalue weighted by Crippen LogP contribution is -2.19. The van der Waals surface area contributed by atoms with Gasteiger partial charge in [0, 0.05) is 26.1 Å². The van der Waals surface area contributed by atoms with Gasteiger partial charge in [-0.25, -0.2) is 14.4 Å². The second-order valence-electron chi connectivity index (χ2n) is 7.85. The van der Waals surface area contributed by atoms with Crippen molar-refractivity contribution in [1.29, 1.82) is 5.26 Å². The van der Waals surface area contributed by atoms with Gasteiger partial charge in [0.1, 0.15) is 17.2 Å². The van der Waals surface area contributed by atoms with Gasteiger partial charge in [-0.2, -0.15) is 5.26 Å². The van der Waals surface area contributed by atoms with E-state index in [4.69, 9.17) is 5.26 Å². The molecule has 4 rings (SSSR count). The fourth-order valence-electron chi connectivity index (χ4n) is 3.75. The quantitative estimate of drug-likeness (QED) is 0.694. The van der Waals surface area contributed by atoms with Gasteiger partial charge in [-0.3, -0.25) is 4.79 Å². The molecule has 1 N–H and O–H groups in total. The van der Waals surface area contributed by atoms with Crippen molar-refractivity contribution in [3.8, 4) is 6.07 Å². The predicted molar refractivity (Wildman–Crippen MR) is 113 cm³/mol. The fourth-order valence-corrected chi connectivity index (χ4v) is 3.75.